The first-order valence-corrected chi connectivity index (χ1v) is 8.49. The fourth-order valence-electron chi connectivity index (χ4n) is 3.25. The molecular formula is C18H23N5O2. The molecule has 1 aromatic carbocycles. The van der Waals surface area contributed by atoms with Crippen molar-refractivity contribution in [2.45, 2.75) is 38.1 Å². The lowest BCUT2D eigenvalue weighted by molar-refractivity contribution is 0.175. The van der Waals surface area contributed by atoms with Crippen molar-refractivity contribution in [1.82, 2.24) is 14.5 Å². The summed E-state index contributed by atoms with van der Waals surface area (Å²) >= 11 is 0. The maximum Gasteiger partial charge on any atom is 0.329 e. The Morgan fingerprint density at radius 1 is 1.28 bits per heavy atom. The predicted molar refractivity (Wildman–Crippen MR) is 95.6 cm³/mol. The molecule has 132 valence electrons. The Morgan fingerprint density at radius 2 is 1.96 bits per heavy atom. The summed E-state index contributed by atoms with van der Waals surface area (Å²) in [5, 5.41) is 11.7. The normalized spacial score (nSPS) is 16.0. The smallest absolute Gasteiger partial charge is 0.329 e. The van der Waals surface area contributed by atoms with E-state index in [-0.39, 0.29) is 11.9 Å². The van der Waals surface area contributed by atoms with Crippen molar-refractivity contribution in [3.63, 3.8) is 0 Å². The van der Waals surface area contributed by atoms with E-state index in [2.05, 4.69) is 10.1 Å². The number of aromatic nitrogens is 2. The zero-order valence-corrected chi connectivity index (χ0v) is 14.3. The lowest BCUT2D eigenvalue weighted by Gasteiger charge is -2.31. The van der Waals surface area contributed by atoms with Crippen molar-refractivity contribution >= 4 is 11.9 Å². The lowest BCUT2D eigenvalue weighted by Crippen LogP contribution is -2.40. The van der Waals surface area contributed by atoms with Crippen molar-refractivity contribution in [1.29, 1.82) is 0 Å². The molecule has 0 bridgehead atoms. The number of amidine groups is 1. The van der Waals surface area contributed by atoms with Crippen LogP contribution in [0.4, 0.5) is 4.79 Å². The molecule has 0 saturated heterocycles. The molecule has 1 amide bonds. The standard InChI is InChI=1S/C18H23N5O2/c1-22(15-5-3-2-4-6-15)18(24)23-11-16(20-12-23)13-7-9-14(10-8-13)17(19)21-25/h7-12,15,25H,2-6H2,1H3,(H2,19,21). The Labute approximate surface area is 146 Å². The average molecular weight is 341 g/mol. The number of nitrogens with two attached hydrogens (primary N) is 1. The van der Waals surface area contributed by atoms with Crippen LogP contribution in [0.15, 0.2) is 41.9 Å². The topological polar surface area (TPSA) is 96.7 Å². The number of carbonyl (C=O) groups excluding carboxylic acids is 1. The fourth-order valence-corrected chi connectivity index (χ4v) is 3.25. The molecule has 0 unspecified atom stereocenters. The molecule has 1 aliphatic carbocycles. The number of hydrogen-bond donors (Lipinski definition) is 2. The third-order valence-corrected chi connectivity index (χ3v) is 4.81. The van der Waals surface area contributed by atoms with Crippen LogP contribution in [0.25, 0.3) is 11.3 Å². The van der Waals surface area contributed by atoms with Crippen LogP contribution < -0.4 is 5.73 Å². The minimum atomic E-state index is -0.0565. The number of oxime groups is 1. The number of hydrogen-bond acceptors (Lipinski definition) is 4. The van der Waals surface area contributed by atoms with Crippen LogP contribution in [0, 0.1) is 0 Å². The summed E-state index contributed by atoms with van der Waals surface area (Å²) in [5.41, 5.74) is 7.75. The van der Waals surface area contributed by atoms with Crippen LogP contribution in [0.2, 0.25) is 0 Å². The summed E-state index contributed by atoms with van der Waals surface area (Å²) < 4.78 is 1.53. The highest BCUT2D eigenvalue weighted by molar-refractivity contribution is 5.97. The zero-order chi connectivity index (χ0) is 17.8. The van der Waals surface area contributed by atoms with E-state index in [0.717, 1.165) is 18.4 Å². The van der Waals surface area contributed by atoms with Gasteiger partial charge in [0.25, 0.3) is 0 Å². The molecule has 1 fully saturated rings. The summed E-state index contributed by atoms with van der Waals surface area (Å²) in [6, 6.07) is 7.41. The fraction of sp³-hybridized carbons (Fsp3) is 0.389. The van der Waals surface area contributed by atoms with Gasteiger partial charge < -0.3 is 15.8 Å². The van der Waals surface area contributed by atoms with Gasteiger partial charge in [0.15, 0.2) is 5.84 Å². The number of nitrogens with zero attached hydrogens (tertiary/aromatic N) is 4. The Morgan fingerprint density at radius 3 is 2.60 bits per heavy atom. The minimum absolute atomic E-state index is 0.0565. The third-order valence-electron chi connectivity index (χ3n) is 4.81. The highest BCUT2D eigenvalue weighted by atomic mass is 16.4. The van der Waals surface area contributed by atoms with Crippen molar-refractivity contribution in [2.75, 3.05) is 7.05 Å². The van der Waals surface area contributed by atoms with E-state index in [4.69, 9.17) is 10.9 Å². The zero-order valence-electron chi connectivity index (χ0n) is 14.3. The van der Waals surface area contributed by atoms with Gasteiger partial charge in [0.1, 0.15) is 6.33 Å². The van der Waals surface area contributed by atoms with E-state index in [1.165, 1.54) is 23.8 Å². The number of amides is 1. The number of benzene rings is 1. The van der Waals surface area contributed by atoms with Crippen LogP contribution >= 0.6 is 0 Å². The molecule has 7 heteroatoms. The molecule has 1 saturated carbocycles. The van der Waals surface area contributed by atoms with Crippen LogP contribution in [0.1, 0.15) is 37.7 Å². The summed E-state index contributed by atoms with van der Waals surface area (Å²) in [6.07, 6.45) is 9.05. The maximum atomic E-state index is 12.7. The largest absolute Gasteiger partial charge is 0.409 e. The molecule has 0 atom stereocenters. The van der Waals surface area contributed by atoms with Crippen LogP contribution in [-0.4, -0.2) is 44.6 Å². The van der Waals surface area contributed by atoms with Gasteiger partial charge in [-0.05, 0) is 12.8 Å². The summed E-state index contributed by atoms with van der Waals surface area (Å²) in [6.45, 7) is 0. The van der Waals surface area contributed by atoms with E-state index >= 15 is 0 Å². The van der Waals surface area contributed by atoms with Crippen LogP contribution in [0.5, 0.6) is 0 Å². The summed E-state index contributed by atoms with van der Waals surface area (Å²) in [4.78, 5) is 18.8. The van der Waals surface area contributed by atoms with Crippen molar-refractivity contribution in [3.05, 3.63) is 42.4 Å². The quantitative estimate of drug-likeness (QED) is 0.388. The molecular weight excluding hydrogens is 318 g/mol. The molecule has 3 N–H and O–H groups in total. The lowest BCUT2D eigenvalue weighted by atomic mass is 9.95. The number of carbonyl (C=O) groups is 1. The van der Waals surface area contributed by atoms with Crippen molar-refractivity contribution < 1.29 is 10.0 Å². The summed E-state index contributed by atoms with van der Waals surface area (Å²) in [5.74, 6) is 0.0568. The van der Waals surface area contributed by atoms with Gasteiger partial charge in [0, 0.05) is 30.4 Å². The molecule has 3 rings (SSSR count). The van der Waals surface area contributed by atoms with E-state index in [9.17, 15) is 4.79 Å². The Balaban J connectivity index is 1.74. The van der Waals surface area contributed by atoms with Crippen LogP contribution in [0.3, 0.4) is 0 Å². The van der Waals surface area contributed by atoms with Gasteiger partial charge in [-0.2, -0.15) is 0 Å². The minimum Gasteiger partial charge on any atom is -0.409 e. The Bertz CT molecular complexity index is 760. The molecule has 1 heterocycles. The molecule has 0 aliphatic heterocycles. The van der Waals surface area contributed by atoms with Gasteiger partial charge in [0.2, 0.25) is 0 Å². The van der Waals surface area contributed by atoms with Gasteiger partial charge in [0.05, 0.1) is 5.69 Å². The van der Waals surface area contributed by atoms with Gasteiger partial charge in [-0.15, -0.1) is 0 Å². The second-order valence-corrected chi connectivity index (χ2v) is 6.41. The van der Waals surface area contributed by atoms with Crippen LogP contribution in [-0.2, 0) is 0 Å². The van der Waals surface area contributed by atoms with Gasteiger partial charge in [-0.1, -0.05) is 48.7 Å². The molecule has 1 aliphatic rings. The summed E-state index contributed by atoms with van der Waals surface area (Å²) in [7, 11) is 1.86. The third kappa shape index (κ3) is 3.65. The first-order valence-electron chi connectivity index (χ1n) is 8.49. The Kier molecular flexibility index (Phi) is 5.02. The molecule has 2 aromatic rings. The van der Waals surface area contributed by atoms with E-state index in [1.54, 1.807) is 24.7 Å². The van der Waals surface area contributed by atoms with E-state index in [1.807, 2.05) is 24.1 Å². The SMILES string of the molecule is CN(C(=O)n1cnc(-c2ccc(/C(N)=N\O)cc2)c1)C1CCCCC1. The van der Waals surface area contributed by atoms with Crippen molar-refractivity contribution in [2.24, 2.45) is 10.9 Å². The van der Waals surface area contributed by atoms with Gasteiger partial charge in [-0.3, -0.25) is 4.57 Å². The second kappa shape index (κ2) is 7.38. The monoisotopic (exact) mass is 341 g/mol. The Hall–Kier alpha value is -2.83. The highest BCUT2D eigenvalue weighted by Crippen LogP contribution is 2.23. The second-order valence-electron chi connectivity index (χ2n) is 6.41. The molecule has 1 aromatic heterocycles. The number of imidazole rings is 1. The van der Waals surface area contributed by atoms with Crippen molar-refractivity contribution in [3.8, 4) is 11.3 Å². The maximum absolute atomic E-state index is 12.7. The van der Waals surface area contributed by atoms with E-state index in [0.29, 0.717) is 17.3 Å². The van der Waals surface area contributed by atoms with E-state index < -0.39 is 0 Å². The first-order chi connectivity index (χ1) is 12.1. The van der Waals surface area contributed by atoms with Gasteiger partial charge in [-0.25, -0.2) is 9.78 Å². The highest BCUT2D eigenvalue weighted by Gasteiger charge is 2.23. The number of rotatable bonds is 3. The molecule has 25 heavy (non-hydrogen) atoms. The molecule has 0 spiro atoms. The first kappa shape index (κ1) is 17.0. The predicted octanol–water partition coefficient (Wildman–Crippen LogP) is 2.88. The molecule has 0 radical (unpaired) electrons. The molecule has 7 nitrogen and oxygen atoms in total. The van der Waals surface area contributed by atoms with Gasteiger partial charge >= 0.3 is 6.03 Å². The average Bonchev–Trinajstić information content (AvgIpc) is 3.17.